The average molecular weight is 288 g/mol. The van der Waals surface area contributed by atoms with Crippen molar-refractivity contribution in [2.45, 2.75) is 26.7 Å². The Bertz CT molecular complexity index is 753. The number of fused-ring (bicyclic) bond motifs is 1. The number of rotatable bonds is 3. The minimum absolute atomic E-state index is 0.926. The van der Waals surface area contributed by atoms with Crippen LogP contribution in [0.2, 0.25) is 0 Å². The molecule has 0 saturated heterocycles. The summed E-state index contributed by atoms with van der Waals surface area (Å²) < 4.78 is 0. The molecule has 0 aromatic heterocycles. The fraction of sp³-hybridized carbons (Fsp3) is 0.200. The molecule has 2 aromatic carbocycles. The maximum Gasteiger partial charge on any atom is 0.0671 e. The van der Waals surface area contributed by atoms with Gasteiger partial charge < -0.3 is 0 Å². The topological polar surface area (TPSA) is 24.7 Å². The van der Waals surface area contributed by atoms with Gasteiger partial charge in [-0.1, -0.05) is 54.6 Å². The van der Waals surface area contributed by atoms with Crippen LogP contribution in [0.15, 0.2) is 58.7 Å². The lowest BCUT2D eigenvalue weighted by Crippen LogP contribution is -2.01. The van der Waals surface area contributed by atoms with Crippen molar-refractivity contribution in [2.75, 3.05) is 0 Å². The van der Waals surface area contributed by atoms with E-state index in [1.807, 2.05) is 43.5 Å². The first-order chi connectivity index (χ1) is 10.8. The maximum absolute atomic E-state index is 4.34. The third-order valence-electron chi connectivity index (χ3n) is 4.05. The van der Waals surface area contributed by atoms with Gasteiger partial charge in [0.05, 0.1) is 11.9 Å². The van der Waals surface area contributed by atoms with Gasteiger partial charge in [0.15, 0.2) is 0 Å². The normalized spacial score (nSPS) is 14.4. The van der Waals surface area contributed by atoms with Gasteiger partial charge in [0.2, 0.25) is 0 Å². The molecule has 110 valence electrons. The molecule has 3 rings (SSSR count). The highest BCUT2D eigenvalue weighted by atomic mass is 15.2. The van der Waals surface area contributed by atoms with Gasteiger partial charge in [0.25, 0.3) is 0 Å². The zero-order valence-electron chi connectivity index (χ0n) is 13.1. The second-order valence-electron chi connectivity index (χ2n) is 5.61. The molecule has 0 amide bonds. The number of benzene rings is 2. The van der Waals surface area contributed by atoms with Crippen molar-refractivity contribution in [1.82, 2.24) is 0 Å². The van der Waals surface area contributed by atoms with Crippen LogP contribution in [-0.2, 0) is 6.42 Å². The lowest BCUT2D eigenvalue weighted by atomic mass is 9.91. The first kappa shape index (κ1) is 14.5. The lowest BCUT2D eigenvalue weighted by molar-refractivity contribution is 0.982. The van der Waals surface area contributed by atoms with E-state index in [1.165, 1.54) is 22.3 Å². The van der Waals surface area contributed by atoms with E-state index in [1.54, 1.807) is 0 Å². The lowest BCUT2D eigenvalue weighted by Gasteiger charge is -2.14. The molecule has 2 nitrogen and oxygen atoms in total. The van der Waals surface area contributed by atoms with Crippen LogP contribution in [0.5, 0.6) is 0 Å². The second kappa shape index (κ2) is 6.52. The zero-order valence-corrected chi connectivity index (χ0v) is 13.1. The highest BCUT2D eigenvalue weighted by molar-refractivity contribution is 5.99. The fourth-order valence-electron chi connectivity index (χ4n) is 2.73. The summed E-state index contributed by atoms with van der Waals surface area (Å²) in [6.45, 7) is 4.11. The number of aryl methyl sites for hydroxylation is 2. The van der Waals surface area contributed by atoms with Gasteiger partial charge in [-0.3, -0.25) is 0 Å². The van der Waals surface area contributed by atoms with Gasteiger partial charge >= 0.3 is 0 Å². The molecular formula is C20H20N2. The Kier molecular flexibility index (Phi) is 4.29. The molecule has 0 radical (unpaired) electrons. The van der Waals surface area contributed by atoms with Crippen LogP contribution in [0, 0.1) is 6.92 Å². The Labute approximate surface area is 131 Å². The van der Waals surface area contributed by atoms with Crippen LogP contribution in [-0.4, -0.2) is 11.9 Å². The second-order valence-corrected chi connectivity index (χ2v) is 5.61. The van der Waals surface area contributed by atoms with E-state index in [9.17, 15) is 0 Å². The van der Waals surface area contributed by atoms with Gasteiger partial charge in [0, 0.05) is 5.56 Å². The molecule has 1 aliphatic rings. The minimum atomic E-state index is 0.926. The molecule has 0 atom stereocenters. The van der Waals surface area contributed by atoms with E-state index in [-0.39, 0.29) is 0 Å². The molecule has 2 aromatic rings. The van der Waals surface area contributed by atoms with Gasteiger partial charge in [-0.15, -0.1) is 0 Å². The first-order valence-corrected chi connectivity index (χ1v) is 7.68. The molecular weight excluding hydrogens is 268 g/mol. The monoisotopic (exact) mass is 288 g/mol. The van der Waals surface area contributed by atoms with E-state index < -0.39 is 0 Å². The molecule has 0 saturated carbocycles. The van der Waals surface area contributed by atoms with E-state index in [2.05, 4.69) is 41.4 Å². The standard InChI is InChI=1S/C20H20N2/c1-15-12-13-18-10-6-7-11-19(18)20(15)14-21-22-16(2)17-8-4-3-5-9-17/h3-5,7-9,11-14H,6,10H2,1-2H3/b21-14+,22-16-. The smallest absolute Gasteiger partial charge is 0.0671 e. The SMILES string of the molecule is C/C(=N/N=C/c1c(C)ccc2c1C=CCC2)c1ccccc1. The van der Waals surface area contributed by atoms with Crippen molar-refractivity contribution >= 4 is 18.0 Å². The minimum Gasteiger partial charge on any atom is -0.158 e. The summed E-state index contributed by atoms with van der Waals surface area (Å²) in [6, 6.07) is 14.5. The third-order valence-corrected chi connectivity index (χ3v) is 4.05. The largest absolute Gasteiger partial charge is 0.158 e. The summed E-state index contributed by atoms with van der Waals surface area (Å²) in [5.41, 5.74) is 7.14. The molecule has 0 spiro atoms. The van der Waals surface area contributed by atoms with Crippen molar-refractivity contribution in [2.24, 2.45) is 10.2 Å². The van der Waals surface area contributed by atoms with Crippen LogP contribution in [0.4, 0.5) is 0 Å². The van der Waals surface area contributed by atoms with Gasteiger partial charge in [-0.2, -0.15) is 10.2 Å². The summed E-state index contributed by atoms with van der Waals surface area (Å²) in [4.78, 5) is 0. The first-order valence-electron chi connectivity index (χ1n) is 7.68. The van der Waals surface area contributed by atoms with Crippen LogP contribution in [0.3, 0.4) is 0 Å². The van der Waals surface area contributed by atoms with Crippen molar-refractivity contribution in [3.63, 3.8) is 0 Å². The van der Waals surface area contributed by atoms with Crippen LogP contribution >= 0.6 is 0 Å². The van der Waals surface area contributed by atoms with Crippen LogP contribution < -0.4 is 0 Å². The molecule has 0 heterocycles. The quantitative estimate of drug-likeness (QED) is 0.572. The molecule has 0 N–H and O–H groups in total. The summed E-state index contributed by atoms with van der Waals surface area (Å²) >= 11 is 0. The Balaban J connectivity index is 1.89. The van der Waals surface area contributed by atoms with E-state index in [0.29, 0.717) is 0 Å². The third kappa shape index (κ3) is 3.06. The zero-order chi connectivity index (χ0) is 15.4. The summed E-state index contributed by atoms with van der Waals surface area (Å²) in [7, 11) is 0. The van der Waals surface area contributed by atoms with E-state index in [0.717, 1.165) is 24.1 Å². The molecule has 0 unspecified atom stereocenters. The highest BCUT2D eigenvalue weighted by Gasteiger charge is 2.09. The molecule has 0 bridgehead atoms. The van der Waals surface area contributed by atoms with E-state index in [4.69, 9.17) is 0 Å². The Morgan fingerprint density at radius 1 is 1.09 bits per heavy atom. The Hall–Kier alpha value is -2.48. The summed E-state index contributed by atoms with van der Waals surface area (Å²) in [6.07, 6.45) is 8.56. The van der Waals surface area contributed by atoms with Gasteiger partial charge in [-0.05, 0) is 48.9 Å². The summed E-state index contributed by atoms with van der Waals surface area (Å²) in [5.74, 6) is 0. The Morgan fingerprint density at radius 2 is 1.91 bits per heavy atom. The average Bonchev–Trinajstić information content (AvgIpc) is 2.57. The van der Waals surface area contributed by atoms with Gasteiger partial charge in [-0.25, -0.2) is 0 Å². The summed E-state index contributed by atoms with van der Waals surface area (Å²) in [5, 5.41) is 8.66. The number of allylic oxidation sites excluding steroid dienone is 1. The highest BCUT2D eigenvalue weighted by Crippen LogP contribution is 2.24. The predicted molar refractivity (Wildman–Crippen MR) is 94.8 cm³/mol. The molecule has 0 fully saturated rings. The molecule has 22 heavy (non-hydrogen) atoms. The van der Waals surface area contributed by atoms with Crippen molar-refractivity contribution < 1.29 is 0 Å². The van der Waals surface area contributed by atoms with Crippen molar-refractivity contribution in [1.29, 1.82) is 0 Å². The van der Waals surface area contributed by atoms with E-state index >= 15 is 0 Å². The molecule has 2 heteroatoms. The number of hydrogen-bond donors (Lipinski definition) is 0. The van der Waals surface area contributed by atoms with Crippen molar-refractivity contribution in [3.05, 3.63) is 76.4 Å². The maximum atomic E-state index is 4.34. The molecule has 0 aliphatic heterocycles. The molecule has 1 aliphatic carbocycles. The Morgan fingerprint density at radius 3 is 2.73 bits per heavy atom. The number of hydrogen-bond acceptors (Lipinski definition) is 2. The van der Waals surface area contributed by atoms with Crippen molar-refractivity contribution in [3.8, 4) is 0 Å². The van der Waals surface area contributed by atoms with Gasteiger partial charge in [0.1, 0.15) is 0 Å². The number of nitrogens with zero attached hydrogens (tertiary/aromatic N) is 2. The predicted octanol–water partition coefficient (Wildman–Crippen LogP) is 4.80. The van der Waals surface area contributed by atoms with Crippen LogP contribution in [0.25, 0.3) is 6.08 Å². The van der Waals surface area contributed by atoms with Crippen LogP contribution in [0.1, 0.15) is 41.2 Å². The fourth-order valence-corrected chi connectivity index (χ4v) is 2.73.